The van der Waals surface area contributed by atoms with Crippen molar-refractivity contribution in [2.24, 2.45) is 5.73 Å². The van der Waals surface area contributed by atoms with E-state index in [4.69, 9.17) is 5.73 Å². The maximum atomic E-state index is 11.8. The Kier molecular flexibility index (Phi) is 3.67. The van der Waals surface area contributed by atoms with Crippen molar-refractivity contribution < 1.29 is 4.79 Å². The summed E-state index contributed by atoms with van der Waals surface area (Å²) in [6.45, 7) is 1.20. The summed E-state index contributed by atoms with van der Waals surface area (Å²) in [4.78, 5) is 16.0. The van der Waals surface area contributed by atoms with E-state index in [-0.39, 0.29) is 5.91 Å². The third-order valence-electron chi connectivity index (χ3n) is 2.53. The molecule has 2 aromatic rings. The molecule has 4 heteroatoms. The Hall–Kier alpha value is -1.94. The Labute approximate surface area is 99.8 Å². The Morgan fingerprint density at radius 3 is 3.06 bits per heavy atom. The first-order valence-electron chi connectivity index (χ1n) is 5.64. The van der Waals surface area contributed by atoms with Crippen LogP contribution in [0.1, 0.15) is 16.8 Å². The van der Waals surface area contributed by atoms with Gasteiger partial charge in [0.1, 0.15) is 0 Å². The number of nitrogens with zero attached hydrogens (tertiary/aromatic N) is 1. The number of carbonyl (C=O) groups is 1. The molecule has 0 unspecified atom stereocenters. The second kappa shape index (κ2) is 5.41. The van der Waals surface area contributed by atoms with Gasteiger partial charge in [0.15, 0.2) is 0 Å². The number of nitrogens with two attached hydrogens (primary N) is 1. The number of rotatable bonds is 4. The van der Waals surface area contributed by atoms with Crippen LogP contribution < -0.4 is 11.1 Å². The third kappa shape index (κ3) is 2.79. The quantitative estimate of drug-likeness (QED) is 0.777. The number of pyridine rings is 1. The van der Waals surface area contributed by atoms with Crippen LogP contribution in [0.4, 0.5) is 0 Å². The number of benzene rings is 1. The van der Waals surface area contributed by atoms with Gasteiger partial charge in [0, 0.05) is 23.7 Å². The molecule has 88 valence electrons. The number of aromatic nitrogens is 1. The molecule has 0 atom stereocenters. The minimum atomic E-state index is -0.0656. The molecule has 0 saturated heterocycles. The molecule has 0 bridgehead atoms. The summed E-state index contributed by atoms with van der Waals surface area (Å²) in [5, 5.41) is 3.80. The van der Waals surface area contributed by atoms with E-state index in [1.807, 2.05) is 24.3 Å². The first-order chi connectivity index (χ1) is 8.31. The first kappa shape index (κ1) is 11.5. The summed E-state index contributed by atoms with van der Waals surface area (Å²) in [5.41, 5.74) is 6.92. The number of carbonyl (C=O) groups excluding carboxylic acids is 1. The van der Waals surface area contributed by atoms with Crippen molar-refractivity contribution in [3.63, 3.8) is 0 Å². The lowest BCUT2D eigenvalue weighted by atomic mass is 10.1. The predicted molar refractivity (Wildman–Crippen MR) is 67.7 cm³/mol. The van der Waals surface area contributed by atoms with Gasteiger partial charge in [-0.3, -0.25) is 9.78 Å². The summed E-state index contributed by atoms with van der Waals surface area (Å²) in [6.07, 6.45) is 2.53. The fraction of sp³-hybridized carbons (Fsp3) is 0.231. The molecule has 3 N–H and O–H groups in total. The normalized spacial score (nSPS) is 10.4. The monoisotopic (exact) mass is 229 g/mol. The summed E-state index contributed by atoms with van der Waals surface area (Å²) in [5.74, 6) is -0.0656. The summed E-state index contributed by atoms with van der Waals surface area (Å²) in [7, 11) is 0. The lowest BCUT2D eigenvalue weighted by Gasteiger charge is -2.05. The minimum absolute atomic E-state index is 0.0656. The number of amides is 1. The van der Waals surface area contributed by atoms with Crippen LogP contribution >= 0.6 is 0 Å². The van der Waals surface area contributed by atoms with Crippen LogP contribution in [0.2, 0.25) is 0 Å². The molecule has 2 rings (SSSR count). The van der Waals surface area contributed by atoms with Gasteiger partial charge >= 0.3 is 0 Å². The molecule has 0 spiro atoms. The molecule has 1 heterocycles. The number of hydrogen-bond donors (Lipinski definition) is 2. The van der Waals surface area contributed by atoms with E-state index >= 15 is 0 Å². The van der Waals surface area contributed by atoms with Gasteiger partial charge in [0.05, 0.1) is 5.52 Å². The van der Waals surface area contributed by atoms with Gasteiger partial charge in [-0.2, -0.15) is 0 Å². The van der Waals surface area contributed by atoms with Crippen LogP contribution in [0.15, 0.2) is 36.5 Å². The molecule has 17 heavy (non-hydrogen) atoms. The van der Waals surface area contributed by atoms with Crippen LogP contribution in [-0.2, 0) is 0 Å². The van der Waals surface area contributed by atoms with Crippen molar-refractivity contribution in [3.05, 3.63) is 42.1 Å². The highest BCUT2D eigenvalue weighted by atomic mass is 16.1. The fourth-order valence-corrected chi connectivity index (χ4v) is 1.62. The lowest BCUT2D eigenvalue weighted by Crippen LogP contribution is -2.25. The van der Waals surface area contributed by atoms with Gasteiger partial charge in [0.2, 0.25) is 0 Å². The highest BCUT2D eigenvalue weighted by molar-refractivity contribution is 5.97. The molecule has 0 fully saturated rings. The molecular weight excluding hydrogens is 214 g/mol. The van der Waals surface area contributed by atoms with Gasteiger partial charge in [-0.05, 0) is 37.2 Å². The van der Waals surface area contributed by atoms with E-state index in [1.54, 1.807) is 12.3 Å². The molecule has 0 saturated carbocycles. The Morgan fingerprint density at radius 2 is 2.24 bits per heavy atom. The second-order valence-corrected chi connectivity index (χ2v) is 3.81. The van der Waals surface area contributed by atoms with Crippen molar-refractivity contribution in [1.29, 1.82) is 0 Å². The summed E-state index contributed by atoms with van der Waals surface area (Å²) >= 11 is 0. The van der Waals surface area contributed by atoms with Crippen molar-refractivity contribution in [3.8, 4) is 0 Å². The van der Waals surface area contributed by atoms with Crippen molar-refractivity contribution in [1.82, 2.24) is 10.3 Å². The first-order valence-corrected chi connectivity index (χ1v) is 5.64. The molecule has 1 aromatic carbocycles. The van der Waals surface area contributed by atoms with Crippen LogP contribution in [0.3, 0.4) is 0 Å². The highest BCUT2D eigenvalue weighted by Gasteiger charge is 2.05. The molecular formula is C13H15N3O. The largest absolute Gasteiger partial charge is 0.352 e. The van der Waals surface area contributed by atoms with Gasteiger partial charge < -0.3 is 11.1 Å². The third-order valence-corrected chi connectivity index (χ3v) is 2.53. The Morgan fingerprint density at radius 1 is 1.35 bits per heavy atom. The van der Waals surface area contributed by atoms with Gasteiger partial charge in [-0.25, -0.2) is 0 Å². The summed E-state index contributed by atoms with van der Waals surface area (Å²) in [6, 6.07) is 9.29. The van der Waals surface area contributed by atoms with E-state index in [2.05, 4.69) is 10.3 Å². The molecule has 0 aliphatic rings. The average Bonchev–Trinajstić information content (AvgIpc) is 2.38. The standard InChI is InChI=1S/C13H15N3O/c14-6-2-8-16-13(17)11-4-5-12-10(9-11)3-1-7-15-12/h1,3-5,7,9H,2,6,8,14H2,(H,16,17). The average molecular weight is 229 g/mol. The van der Waals surface area contributed by atoms with Gasteiger partial charge in [0.25, 0.3) is 5.91 Å². The predicted octanol–water partition coefficient (Wildman–Crippen LogP) is 1.31. The lowest BCUT2D eigenvalue weighted by molar-refractivity contribution is 0.0953. The number of fused-ring (bicyclic) bond motifs is 1. The molecule has 0 aliphatic carbocycles. The summed E-state index contributed by atoms with van der Waals surface area (Å²) < 4.78 is 0. The number of hydrogen-bond acceptors (Lipinski definition) is 3. The smallest absolute Gasteiger partial charge is 0.251 e. The zero-order chi connectivity index (χ0) is 12.1. The van der Waals surface area contributed by atoms with E-state index in [0.29, 0.717) is 18.7 Å². The maximum absolute atomic E-state index is 11.8. The van der Waals surface area contributed by atoms with Gasteiger partial charge in [-0.15, -0.1) is 0 Å². The molecule has 1 amide bonds. The zero-order valence-electron chi connectivity index (χ0n) is 9.52. The topological polar surface area (TPSA) is 68.0 Å². The molecule has 0 radical (unpaired) electrons. The molecule has 0 aliphatic heterocycles. The van der Waals surface area contributed by atoms with Crippen LogP contribution in [-0.4, -0.2) is 24.0 Å². The maximum Gasteiger partial charge on any atom is 0.251 e. The minimum Gasteiger partial charge on any atom is -0.352 e. The fourth-order valence-electron chi connectivity index (χ4n) is 1.62. The Balaban J connectivity index is 2.15. The van der Waals surface area contributed by atoms with E-state index in [1.165, 1.54) is 0 Å². The van der Waals surface area contributed by atoms with Crippen molar-refractivity contribution in [2.45, 2.75) is 6.42 Å². The zero-order valence-corrected chi connectivity index (χ0v) is 9.52. The van der Waals surface area contributed by atoms with Crippen LogP contribution in [0.25, 0.3) is 10.9 Å². The van der Waals surface area contributed by atoms with Crippen LogP contribution in [0.5, 0.6) is 0 Å². The van der Waals surface area contributed by atoms with Crippen molar-refractivity contribution >= 4 is 16.8 Å². The van der Waals surface area contributed by atoms with Crippen molar-refractivity contribution in [2.75, 3.05) is 13.1 Å². The van der Waals surface area contributed by atoms with E-state index in [9.17, 15) is 4.79 Å². The van der Waals surface area contributed by atoms with Crippen LogP contribution in [0, 0.1) is 0 Å². The second-order valence-electron chi connectivity index (χ2n) is 3.81. The van der Waals surface area contributed by atoms with Gasteiger partial charge in [-0.1, -0.05) is 6.07 Å². The molecule has 1 aromatic heterocycles. The van der Waals surface area contributed by atoms with E-state index < -0.39 is 0 Å². The highest BCUT2D eigenvalue weighted by Crippen LogP contribution is 2.13. The van der Waals surface area contributed by atoms with E-state index in [0.717, 1.165) is 17.3 Å². The Bertz CT molecular complexity index is 525. The number of nitrogens with one attached hydrogen (secondary N) is 1. The SMILES string of the molecule is NCCCNC(=O)c1ccc2ncccc2c1. The molecule has 4 nitrogen and oxygen atoms in total.